The molecule has 0 aliphatic heterocycles. The Labute approximate surface area is 305 Å². The minimum Gasteiger partial charge on any atom is -0.516 e. The van der Waals surface area contributed by atoms with E-state index in [9.17, 15) is 4.79 Å². The van der Waals surface area contributed by atoms with Crippen molar-refractivity contribution in [3.05, 3.63) is 12.7 Å². The molecule has 0 heterocycles. The lowest BCUT2D eigenvalue weighted by atomic mass is 10.1. The Morgan fingerprint density at radius 1 is 0.375 bits per heavy atom. The van der Waals surface area contributed by atoms with E-state index in [4.69, 9.17) is 4.43 Å². The van der Waals surface area contributed by atoms with Gasteiger partial charge in [-0.3, -0.25) is 0 Å². The molecule has 0 aromatic rings. The Kier molecular flexibility index (Phi) is 38.7. The minimum atomic E-state index is -2.09. The number of carbonyl (C=O) groups is 1. The van der Waals surface area contributed by atoms with E-state index < -0.39 is 8.32 Å². The summed E-state index contributed by atoms with van der Waals surface area (Å²) in [6, 6.07) is 3.54. The maximum Gasteiger partial charge on any atom is 0.316 e. The van der Waals surface area contributed by atoms with Crippen molar-refractivity contribution in [1.82, 2.24) is 0 Å². The first-order valence-corrected chi connectivity index (χ1v) is 25.0. The van der Waals surface area contributed by atoms with Crippen molar-refractivity contribution in [1.29, 1.82) is 0 Å². The van der Waals surface area contributed by atoms with Gasteiger partial charge in [-0.25, -0.2) is 4.79 Å². The van der Waals surface area contributed by atoms with E-state index in [0.717, 1.165) is 0 Å². The van der Waals surface area contributed by atoms with Gasteiger partial charge < -0.3 is 4.43 Å². The molecule has 0 N–H and O–H groups in total. The molecule has 0 radical (unpaired) electrons. The Morgan fingerprint density at radius 2 is 0.562 bits per heavy atom. The number of rotatable bonds is 41. The van der Waals surface area contributed by atoms with Crippen LogP contribution in [-0.2, 0) is 9.22 Å². The fraction of sp³-hybridized carbons (Fsp3) is 0.933. The zero-order valence-electron chi connectivity index (χ0n) is 33.7. The highest BCUT2D eigenvalue weighted by atomic mass is 28.4. The van der Waals surface area contributed by atoms with Gasteiger partial charge in [0.25, 0.3) is 8.32 Å². The second-order valence-corrected chi connectivity index (χ2v) is 19.8. The lowest BCUT2D eigenvalue weighted by Gasteiger charge is -2.31. The number of hydrogen-bond donors (Lipinski definition) is 0. The molecular weight excluding hydrogens is 601 g/mol. The summed E-state index contributed by atoms with van der Waals surface area (Å²) in [6.45, 7) is 10.7. The molecule has 0 spiro atoms. The summed E-state index contributed by atoms with van der Waals surface area (Å²) in [5, 5.41) is 0. The van der Waals surface area contributed by atoms with Gasteiger partial charge in [-0.2, -0.15) is 0 Å². The summed E-state index contributed by atoms with van der Waals surface area (Å²) < 4.78 is 6.47. The molecular formula is C45H90O2Si. The molecule has 0 saturated carbocycles. The summed E-state index contributed by atoms with van der Waals surface area (Å²) in [6.07, 6.45) is 51.2. The van der Waals surface area contributed by atoms with Crippen LogP contribution in [0.5, 0.6) is 0 Å². The van der Waals surface area contributed by atoms with Crippen molar-refractivity contribution in [3.8, 4) is 0 Å². The summed E-state index contributed by atoms with van der Waals surface area (Å²) in [7, 11) is -2.09. The van der Waals surface area contributed by atoms with Crippen LogP contribution < -0.4 is 0 Å². The molecule has 0 aromatic carbocycles. The normalized spacial score (nSPS) is 11.7. The first kappa shape index (κ1) is 47.4. The van der Waals surface area contributed by atoms with E-state index in [1.165, 1.54) is 255 Å². The first-order chi connectivity index (χ1) is 23.6. The molecule has 0 saturated heterocycles. The molecule has 0 atom stereocenters. The highest BCUT2D eigenvalue weighted by Gasteiger charge is 2.36. The lowest BCUT2D eigenvalue weighted by molar-refractivity contribution is -0.129. The molecule has 0 aromatic heterocycles. The van der Waals surface area contributed by atoms with Crippen molar-refractivity contribution < 1.29 is 9.22 Å². The third-order valence-corrected chi connectivity index (χ3v) is 15.4. The zero-order chi connectivity index (χ0) is 35.1. The van der Waals surface area contributed by atoms with Gasteiger partial charge in [0.1, 0.15) is 0 Å². The van der Waals surface area contributed by atoms with Crippen LogP contribution in [-0.4, -0.2) is 14.3 Å². The van der Waals surface area contributed by atoms with E-state index in [1.54, 1.807) is 0 Å². The van der Waals surface area contributed by atoms with Crippen LogP contribution in [0.2, 0.25) is 18.1 Å². The molecule has 0 bridgehead atoms. The van der Waals surface area contributed by atoms with Gasteiger partial charge in [0, 0.05) is 6.08 Å². The number of carbonyl (C=O) groups excluding carboxylic acids is 1. The third-order valence-electron chi connectivity index (χ3n) is 10.9. The van der Waals surface area contributed by atoms with Crippen LogP contribution >= 0.6 is 0 Å². The standard InChI is InChI=1S/C45H90O2Si/c1-5-9-12-15-18-21-24-27-30-33-36-39-42-48(47-45(46)8-4,43-40-37-34-31-28-25-22-19-16-13-10-6-2)44-41-38-35-32-29-26-23-20-17-14-11-7-3/h8H,4-7,9-44H2,1-3H3. The lowest BCUT2D eigenvalue weighted by Crippen LogP contribution is -2.40. The van der Waals surface area contributed by atoms with E-state index in [0.29, 0.717) is 0 Å². The monoisotopic (exact) mass is 691 g/mol. The molecule has 0 amide bonds. The van der Waals surface area contributed by atoms with E-state index in [-0.39, 0.29) is 5.97 Å². The average molecular weight is 691 g/mol. The Balaban J connectivity index is 4.60. The van der Waals surface area contributed by atoms with Crippen molar-refractivity contribution in [3.63, 3.8) is 0 Å². The third kappa shape index (κ3) is 33.9. The van der Waals surface area contributed by atoms with Crippen LogP contribution in [0.3, 0.4) is 0 Å². The van der Waals surface area contributed by atoms with Crippen LogP contribution in [0.1, 0.15) is 252 Å². The maximum absolute atomic E-state index is 12.7. The topological polar surface area (TPSA) is 26.3 Å². The minimum absolute atomic E-state index is 0.140. The fourth-order valence-electron chi connectivity index (χ4n) is 7.65. The molecule has 0 aliphatic rings. The molecule has 0 fully saturated rings. The van der Waals surface area contributed by atoms with Crippen molar-refractivity contribution in [2.24, 2.45) is 0 Å². The van der Waals surface area contributed by atoms with E-state index in [2.05, 4.69) is 27.4 Å². The largest absolute Gasteiger partial charge is 0.516 e. The molecule has 0 rings (SSSR count). The van der Waals surface area contributed by atoms with Crippen LogP contribution in [0.4, 0.5) is 0 Å². The number of hydrogen-bond acceptors (Lipinski definition) is 2. The van der Waals surface area contributed by atoms with Crippen molar-refractivity contribution >= 4 is 14.3 Å². The smallest absolute Gasteiger partial charge is 0.316 e. The second kappa shape index (κ2) is 39.2. The van der Waals surface area contributed by atoms with Crippen molar-refractivity contribution in [2.45, 2.75) is 270 Å². The Bertz CT molecular complexity index is 578. The van der Waals surface area contributed by atoms with Gasteiger partial charge in [-0.05, 0) is 18.1 Å². The summed E-state index contributed by atoms with van der Waals surface area (Å²) in [4.78, 5) is 12.7. The molecule has 286 valence electrons. The molecule has 2 nitrogen and oxygen atoms in total. The molecule has 0 unspecified atom stereocenters. The van der Waals surface area contributed by atoms with Crippen LogP contribution in [0.15, 0.2) is 12.7 Å². The summed E-state index contributed by atoms with van der Waals surface area (Å²) in [5.74, 6) is -0.140. The van der Waals surface area contributed by atoms with Crippen LogP contribution in [0, 0.1) is 0 Å². The van der Waals surface area contributed by atoms with E-state index in [1.807, 2.05) is 0 Å². The van der Waals surface area contributed by atoms with Gasteiger partial charge in [-0.1, -0.05) is 258 Å². The molecule has 0 aliphatic carbocycles. The SMILES string of the molecule is C=CC(=O)O[Si](CCCCCCCCCCCCCC)(CCCCCCCCCCCCCC)CCCCCCCCCCCCCC. The number of unbranched alkanes of at least 4 members (excludes halogenated alkanes) is 33. The average Bonchev–Trinajstić information content (AvgIpc) is 3.09. The molecule has 3 heteroatoms. The van der Waals surface area contributed by atoms with Gasteiger partial charge in [0.15, 0.2) is 0 Å². The maximum atomic E-state index is 12.7. The zero-order valence-corrected chi connectivity index (χ0v) is 34.7. The Hall–Kier alpha value is -0.573. The first-order valence-electron chi connectivity index (χ1n) is 22.5. The summed E-state index contributed by atoms with van der Waals surface area (Å²) in [5.41, 5.74) is 0. The Morgan fingerprint density at radius 3 is 0.750 bits per heavy atom. The van der Waals surface area contributed by atoms with Gasteiger partial charge >= 0.3 is 5.97 Å². The van der Waals surface area contributed by atoms with Crippen molar-refractivity contribution in [2.75, 3.05) is 0 Å². The quantitative estimate of drug-likeness (QED) is 0.0363. The second-order valence-electron chi connectivity index (χ2n) is 15.7. The van der Waals surface area contributed by atoms with Gasteiger partial charge in [0.2, 0.25) is 0 Å². The highest BCUT2D eigenvalue weighted by Crippen LogP contribution is 2.32. The predicted octanol–water partition coefficient (Wildman–Crippen LogP) is 16.8. The van der Waals surface area contributed by atoms with Gasteiger partial charge in [0.05, 0.1) is 0 Å². The van der Waals surface area contributed by atoms with Crippen LogP contribution in [0.25, 0.3) is 0 Å². The predicted molar refractivity (Wildman–Crippen MR) is 220 cm³/mol. The van der Waals surface area contributed by atoms with Gasteiger partial charge in [-0.15, -0.1) is 0 Å². The summed E-state index contributed by atoms with van der Waals surface area (Å²) >= 11 is 0. The van der Waals surface area contributed by atoms with E-state index >= 15 is 0 Å². The fourth-order valence-corrected chi connectivity index (χ4v) is 11.9. The molecule has 48 heavy (non-hydrogen) atoms. The highest BCUT2D eigenvalue weighted by molar-refractivity contribution is 6.75.